The van der Waals surface area contributed by atoms with Gasteiger partial charge in [0.1, 0.15) is 5.54 Å². The molecule has 0 aliphatic rings. The van der Waals surface area contributed by atoms with Gasteiger partial charge in [0.05, 0.1) is 14.1 Å². The fraction of sp³-hybridized carbons (Fsp3) is 0.875. The van der Waals surface area contributed by atoms with E-state index in [-0.39, 0.29) is 16.8 Å². The number of hydrogen-bond acceptors (Lipinski definition) is 2. The van der Waals surface area contributed by atoms with Crippen LogP contribution in [0.15, 0.2) is 0 Å². The zero-order valence-electron chi connectivity index (χ0n) is 8.42. The van der Waals surface area contributed by atoms with Crippen LogP contribution in [0.25, 0.3) is 0 Å². The lowest BCUT2D eigenvalue weighted by Gasteiger charge is -2.38. The van der Waals surface area contributed by atoms with Gasteiger partial charge in [-0.25, -0.2) is 4.79 Å². The molecule has 0 fully saturated rings. The summed E-state index contributed by atoms with van der Waals surface area (Å²) in [5, 5.41) is 8.41. The van der Waals surface area contributed by atoms with E-state index in [0.717, 1.165) is 0 Å². The fourth-order valence-corrected chi connectivity index (χ4v) is 0.410. The molecular weight excluding hydrogens is 158 g/mol. The number of aliphatic carboxylic acids is 1. The van der Waals surface area contributed by atoms with Crippen molar-refractivity contribution in [2.45, 2.75) is 26.3 Å². The number of rotatable bonds is 3. The van der Waals surface area contributed by atoms with Crippen molar-refractivity contribution < 1.29 is 19.4 Å². The second kappa shape index (κ2) is 3.41. The molecule has 0 saturated heterocycles. The van der Waals surface area contributed by atoms with Gasteiger partial charge in [0, 0.05) is 0 Å². The van der Waals surface area contributed by atoms with Gasteiger partial charge in [-0.2, -0.15) is 9.48 Å². The summed E-state index contributed by atoms with van der Waals surface area (Å²) in [7, 11) is 3.67. The molecule has 0 spiro atoms. The lowest BCUT2D eigenvalue weighted by Crippen LogP contribution is -2.54. The Balaban J connectivity index is 4.14. The molecule has 0 aliphatic carbocycles. The molecule has 0 radical (unpaired) electrons. The maximum absolute atomic E-state index is 10.2. The summed E-state index contributed by atoms with van der Waals surface area (Å²) in [6, 6.07) is 0. The molecule has 0 aliphatic heterocycles. The van der Waals surface area contributed by atoms with Crippen LogP contribution < -0.4 is 0 Å². The molecule has 0 saturated carbocycles. The van der Waals surface area contributed by atoms with Crippen molar-refractivity contribution in [3.05, 3.63) is 0 Å². The second-order valence-corrected chi connectivity index (χ2v) is 4.19. The van der Waals surface area contributed by atoms with Crippen molar-refractivity contribution in [1.29, 1.82) is 0 Å². The minimum Gasteiger partial charge on any atom is -0.479 e. The van der Waals surface area contributed by atoms with Crippen molar-refractivity contribution in [1.82, 2.24) is 0 Å². The Morgan fingerprint density at radius 2 is 1.83 bits per heavy atom. The molecule has 0 aromatic rings. The van der Waals surface area contributed by atoms with Crippen molar-refractivity contribution >= 4 is 5.97 Å². The first-order valence-corrected chi connectivity index (χ1v) is 3.87. The largest absolute Gasteiger partial charge is 0.479 e. The van der Waals surface area contributed by atoms with E-state index in [1.807, 2.05) is 34.9 Å². The molecule has 72 valence electrons. The van der Waals surface area contributed by atoms with Crippen molar-refractivity contribution in [2.24, 2.45) is 0 Å². The summed E-state index contributed by atoms with van der Waals surface area (Å²) >= 11 is 0. The minimum atomic E-state index is -0.939. The van der Waals surface area contributed by atoms with Gasteiger partial charge < -0.3 is 5.11 Å². The van der Waals surface area contributed by atoms with E-state index in [2.05, 4.69) is 0 Å². The molecule has 1 N–H and O–H groups in total. The molecule has 0 rings (SSSR count). The maximum Gasteiger partial charge on any atom is 0.336 e. The van der Waals surface area contributed by atoms with Crippen molar-refractivity contribution in [3.63, 3.8) is 0 Å². The predicted molar refractivity (Wildman–Crippen MR) is 45.4 cm³/mol. The van der Waals surface area contributed by atoms with E-state index in [9.17, 15) is 4.79 Å². The Hall–Kier alpha value is -0.610. The van der Waals surface area contributed by atoms with Crippen LogP contribution in [0.1, 0.15) is 20.8 Å². The van der Waals surface area contributed by atoms with Gasteiger partial charge in [0.25, 0.3) is 0 Å². The quantitative estimate of drug-likeness (QED) is 0.513. The number of carboxylic acid groups (broad SMARTS) is 1. The predicted octanol–water partition coefficient (Wildman–Crippen LogP) is 0.878. The lowest BCUT2D eigenvalue weighted by molar-refractivity contribution is -1.11. The molecular formula is C8H18NO3+. The third-order valence-electron chi connectivity index (χ3n) is 2.13. The van der Waals surface area contributed by atoms with E-state index in [1.54, 1.807) is 0 Å². The first-order valence-electron chi connectivity index (χ1n) is 3.87. The van der Waals surface area contributed by atoms with Crippen LogP contribution >= 0.6 is 0 Å². The summed E-state index contributed by atoms with van der Waals surface area (Å²) in [6.07, 6.45) is 0. The van der Waals surface area contributed by atoms with Gasteiger partial charge in [-0.3, -0.25) is 0 Å². The van der Waals surface area contributed by atoms with Gasteiger partial charge >= 0.3 is 5.97 Å². The summed E-state index contributed by atoms with van der Waals surface area (Å²) < 4.78 is 0.235. The zero-order valence-corrected chi connectivity index (χ0v) is 8.42. The molecule has 0 unspecified atom stereocenters. The van der Waals surface area contributed by atoms with Crippen LogP contribution in [0.5, 0.6) is 0 Å². The second-order valence-electron chi connectivity index (χ2n) is 4.19. The molecule has 0 amide bonds. The molecule has 0 heterocycles. The average molecular weight is 176 g/mol. The summed E-state index contributed by atoms with van der Waals surface area (Å²) in [5.74, 6) is -0.939. The summed E-state index contributed by atoms with van der Waals surface area (Å²) in [4.78, 5) is 15.4. The Morgan fingerprint density at radius 3 is 2.08 bits per heavy atom. The highest BCUT2D eigenvalue weighted by molar-refractivity contribution is 5.67. The third-order valence-corrected chi connectivity index (χ3v) is 2.13. The van der Waals surface area contributed by atoms with Crippen LogP contribution in [0, 0.1) is 0 Å². The van der Waals surface area contributed by atoms with Crippen LogP contribution in [0.4, 0.5) is 0 Å². The minimum absolute atomic E-state index is 0.116. The Morgan fingerprint density at radius 1 is 1.42 bits per heavy atom. The molecule has 0 aromatic carbocycles. The number of carboxylic acids is 1. The SMILES string of the molecule is CC(C)(C)[N+](C)(C)OCC(=O)O. The highest BCUT2D eigenvalue weighted by atomic mass is 16.7. The van der Waals surface area contributed by atoms with E-state index < -0.39 is 5.97 Å². The van der Waals surface area contributed by atoms with Crippen molar-refractivity contribution in [2.75, 3.05) is 20.7 Å². The van der Waals surface area contributed by atoms with Crippen LogP contribution in [0.2, 0.25) is 0 Å². The smallest absolute Gasteiger partial charge is 0.336 e. The number of hydrogen-bond donors (Lipinski definition) is 1. The molecule has 0 bridgehead atoms. The monoisotopic (exact) mass is 176 g/mol. The fourth-order valence-electron chi connectivity index (χ4n) is 0.410. The number of carbonyl (C=O) groups is 1. The van der Waals surface area contributed by atoms with Crippen LogP contribution in [-0.2, 0) is 9.63 Å². The van der Waals surface area contributed by atoms with Gasteiger partial charge in [-0.05, 0) is 20.8 Å². The maximum atomic E-state index is 10.2. The first kappa shape index (κ1) is 11.4. The molecule has 4 nitrogen and oxygen atoms in total. The molecule has 0 atom stereocenters. The highest BCUT2D eigenvalue weighted by Crippen LogP contribution is 2.19. The molecule has 0 aromatic heterocycles. The lowest BCUT2D eigenvalue weighted by atomic mass is 10.1. The Labute approximate surface area is 73.3 Å². The average Bonchev–Trinajstić information content (AvgIpc) is 1.81. The van der Waals surface area contributed by atoms with Gasteiger partial charge in [-0.1, -0.05) is 0 Å². The normalized spacial score (nSPS) is 13.1. The third kappa shape index (κ3) is 3.19. The highest BCUT2D eigenvalue weighted by Gasteiger charge is 2.34. The van der Waals surface area contributed by atoms with E-state index >= 15 is 0 Å². The summed E-state index contributed by atoms with van der Waals surface area (Å²) in [5.41, 5.74) is -0.116. The van der Waals surface area contributed by atoms with Gasteiger partial charge in [-0.15, -0.1) is 0 Å². The van der Waals surface area contributed by atoms with E-state index in [4.69, 9.17) is 9.94 Å². The zero-order chi connectivity index (χ0) is 9.99. The van der Waals surface area contributed by atoms with E-state index in [1.165, 1.54) is 0 Å². The summed E-state index contributed by atoms with van der Waals surface area (Å²) in [6.45, 7) is 5.73. The Bertz CT molecular complexity index is 170. The molecule has 4 heteroatoms. The van der Waals surface area contributed by atoms with Gasteiger partial charge in [0.15, 0.2) is 0 Å². The topological polar surface area (TPSA) is 46.5 Å². The van der Waals surface area contributed by atoms with Gasteiger partial charge in [0.2, 0.25) is 6.61 Å². The molecule has 12 heavy (non-hydrogen) atoms. The van der Waals surface area contributed by atoms with Crippen LogP contribution in [-0.4, -0.2) is 42.0 Å². The standard InChI is InChI=1S/C8H17NO3/c1-8(2,3)9(4,5)12-6-7(10)11/h6H2,1-5H3/p+1. The Kier molecular flexibility index (Phi) is 3.24. The van der Waals surface area contributed by atoms with Crippen molar-refractivity contribution in [3.8, 4) is 0 Å². The first-order chi connectivity index (χ1) is 5.17. The van der Waals surface area contributed by atoms with Crippen LogP contribution in [0.3, 0.4) is 0 Å². The number of hydroxylamine groups is 3. The van der Waals surface area contributed by atoms with E-state index in [0.29, 0.717) is 0 Å². The number of quaternary nitrogens is 1. The number of nitrogens with zero attached hydrogens (tertiary/aromatic N) is 1.